The van der Waals surface area contributed by atoms with E-state index in [4.69, 9.17) is 9.26 Å². The minimum absolute atomic E-state index is 0.0858. The van der Waals surface area contributed by atoms with Crippen LogP contribution in [0.4, 0.5) is 41.5 Å². The first-order chi connectivity index (χ1) is 19.6. The number of anilines is 1. The molecule has 5 rings (SSSR count). The molecular weight excluding hydrogens is 581 g/mol. The zero-order valence-corrected chi connectivity index (χ0v) is 22.3. The number of fused-ring (bicyclic) bond motifs is 1. The monoisotopic (exact) mass is 608 g/mol. The molecule has 42 heavy (non-hydrogen) atoms. The minimum atomic E-state index is -4.64. The van der Waals surface area contributed by atoms with Crippen molar-refractivity contribution in [2.75, 3.05) is 25.6 Å². The molecule has 11 nitrogen and oxygen atoms in total. The standard InChI is InChI=1S/C24H27F7N8O3/c1-22(25,26)19-36-20(42-37-19)35-18(12-3-5-23(27,28)6-4-12)14-9-39-17(33-14)7-13(8-32-39)15(11-41-2)38-10-16(24(29,30)31)34-21(38)40/h7-9,12,15-16,18H,3-6,10-11H2,1-2H3,(H,34,40)(H,35,36,37)/t15-,16+,18+/m1/s1. The zero-order chi connectivity index (χ0) is 30.4. The summed E-state index contributed by atoms with van der Waals surface area (Å²) in [5, 5.41) is 12.3. The van der Waals surface area contributed by atoms with E-state index in [0.717, 1.165) is 4.90 Å². The smallest absolute Gasteiger partial charge is 0.382 e. The highest BCUT2D eigenvalue weighted by molar-refractivity contribution is 5.77. The maximum atomic E-state index is 13.9. The number of aromatic nitrogens is 5. The van der Waals surface area contributed by atoms with Crippen molar-refractivity contribution in [2.24, 2.45) is 5.92 Å². The van der Waals surface area contributed by atoms with Crippen LogP contribution in [0.1, 0.15) is 61.8 Å². The topological polar surface area (TPSA) is 123 Å². The number of ether oxygens (including phenoxy) is 1. The Labute approximate surface area is 233 Å². The normalized spacial score (nSPS) is 21.5. The molecule has 0 bridgehead atoms. The van der Waals surface area contributed by atoms with Gasteiger partial charge in [0.25, 0.3) is 0 Å². The molecule has 0 unspecified atom stereocenters. The van der Waals surface area contributed by atoms with E-state index in [1.54, 1.807) is 0 Å². The van der Waals surface area contributed by atoms with Crippen LogP contribution in [-0.4, -0.2) is 74.1 Å². The Morgan fingerprint density at radius 1 is 1.21 bits per heavy atom. The number of halogens is 7. The number of urea groups is 1. The third-order valence-corrected chi connectivity index (χ3v) is 7.43. The predicted molar refractivity (Wildman–Crippen MR) is 130 cm³/mol. The number of nitrogens with one attached hydrogen (secondary N) is 2. The summed E-state index contributed by atoms with van der Waals surface area (Å²) in [5.41, 5.74) is 0.875. The molecule has 2 aliphatic rings. The molecule has 1 saturated carbocycles. The molecule has 230 valence electrons. The van der Waals surface area contributed by atoms with Crippen LogP contribution in [0.15, 0.2) is 23.0 Å². The van der Waals surface area contributed by atoms with Gasteiger partial charge in [-0.2, -0.15) is 32.0 Å². The summed E-state index contributed by atoms with van der Waals surface area (Å²) in [6.07, 6.45) is -2.38. The number of carbonyl (C=O) groups is 1. The summed E-state index contributed by atoms with van der Waals surface area (Å²) >= 11 is 0. The zero-order valence-electron chi connectivity index (χ0n) is 22.3. The first-order valence-corrected chi connectivity index (χ1v) is 13.0. The van der Waals surface area contributed by atoms with Crippen molar-refractivity contribution in [1.82, 2.24) is 35.0 Å². The molecular formula is C24H27F7N8O3. The average Bonchev–Trinajstić information content (AvgIpc) is 3.63. The molecule has 18 heteroatoms. The van der Waals surface area contributed by atoms with Crippen LogP contribution in [0.25, 0.3) is 5.65 Å². The van der Waals surface area contributed by atoms with Gasteiger partial charge in [0.2, 0.25) is 11.7 Å². The second-order valence-corrected chi connectivity index (χ2v) is 10.6. The average molecular weight is 609 g/mol. The summed E-state index contributed by atoms with van der Waals surface area (Å²) in [6.45, 7) is -0.173. The first kappa shape index (κ1) is 29.8. The number of rotatable bonds is 9. The van der Waals surface area contributed by atoms with Gasteiger partial charge in [-0.15, -0.1) is 0 Å². The van der Waals surface area contributed by atoms with Crippen LogP contribution >= 0.6 is 0 Å². The van der Waals surface area contributed by atoms with Gasteiger partial charge in [0.05, 0.1) is 43.3 Å². The summed E-state index contributed by atoms with van der Waals surface area (Å²) in [7, 11) is 1.34. The second-order valence-electron chi connectivity index (χ2n) is 10.6. The van der Waals surface area contributed by atoms with Crippen LogP contribution in [0.2, 0.25) is 0 Å². The summed E-state index contributed by atoms with van der Waals surface area (Å²) < 4.78 is 106. The minimum Gasteiger partial charge on any atom is -0.382 e. The molecule has 3 aromatic rings. The van der Waals surface area contributed by atoms with Crippen molar-refractivity contribution in [3.63, 3.8) is 0 Å². The highest BCUT2D eigenvalue weighted by atomic mass is 19.4. The fourth-order valence-electron chi connectivity index (χ4n) is 5.20. The van der Waals surface area contributed by atoms with Crippen molar-refractivity contribution < 1.29 is 44.8 Å². The van der Waals surface area contributed by atoms with E-state index in [1.165, 1.54) is 30.1 Å². The van der Waals surface area contributed by atoms with Crippen LogP contribution in [0.3, 0.4) is 0 Å². The van der Waals surface area contributed by atoms with E-state index in [0.29, 0.717) is 18.2 Å². The number of nitrogens with zero attached hydrogens (tertiary/aromatic N) is 6. The van der Waals surface area contributed by atoms with Crippen molar-refractivity contribution >= 4 is 17.7 Å². The van der Waals surface area contributed by atoms with Gasteiger partial charge in [-0.05, 0) is 24.8 Å². The molecule has 1 aliphatic carbocycles. The molecule has 3 atom stereocenters. The van der Waals surface area contributed by atoms with Gasteiger partial charge in [-0.3, -0.25) is 0 Å². The molecule has 2 fully saturated rings. The summed E-state index contributed by atoms with van der Waals surface area (Å²) in [5.74, 6) is -7.48. The van der Waals surface area contributed by atoms with E-state index >= 15 is 0 Å². The number of methoxy groups -OCH3 is 1. The van der Waals surface area contributed by atoms with Gasteiger partial charge >= 0.3 is 24.1 Å². The largest absolute Gasteiger partial charge is 0.410 e. The van der Waals surface area contributed by atoms with Crippen molar-refractivity contribution in [1.29, 1.82) is 0 Å². The predicted octanol–water partition coefficient (Wildman–Crippen LogP) is 4.85. The van der Waals surface area contributed by atoms with Crippen LogP contribution in [-0.2, 0) is 10.7 Å². The number of imidazole rings is 1. The maximum Gasteiger partial charge on any atom is 0.410 e. The van der Waals surface area contributed by atoms with E-state index in [-0.39, 0.29) is 44.0 Å². The fourth-order valence-corrected chi connectivity index (χ4v) is 5.20. The van der Waals surface area contributed by atoms with Gasteiger partial charge < -0.3 is 24.8 Å². The van der Waals surface area contributed by atoms with E-state index in [2.05, 4.69) is 25.5 Å². The quantitative estimate of drug-likeness (QED) is 0.331. The molecule has 0 radical (unpaired) electrons. The van der Waals surface area contributed by atoms with Gasteiger partial charge in [-0.25, -0.2) is 23.1 Å². The molecule has 2 amide bonds. The van der Waals surface area contributed by atoms with Gasteiger partial charge in [-0.1, -0.05) is 5.16 Å². The molecule has 1 saturated heterocycles. The first-order valence-electron chi connectivity index (χ1n) is 13.0. The Hall–Kier alpha value is -3.70. The SMILES string of the molecule is COC[C@H](c1cnn2cc([C@@H](Nc3nc(C(C)(F)F)no3)C3CCC(F)(F)CC3)nc2c1)N1C[C@@H](C(F)(F)F)NC1=O. The highest BCUT2D eigenvalue weighted by Gasteiger charge is 2.48. The van der Waals surface area contributed by atoms with Crippen LogP contribution < -0.4 is 10.6 Å². The number of alkyl halides is 7. The highest BCUT2D eigenvalue weighted by Crippen LogP contribution is 2.42. The number of hydrogen-bond donors (Lipinski definition) is 2. The number of hydrogen-bond acceptors (Lipinski definition) is 8. The van der Waals surface area contributed by atoms with Crippen molar-refractivity contribution in [3.8, 4) is 0 Å². The van der Waals surface area contributed by atoms with Gasteiger partial charge in [0, 0.05) is 32.4 Å². The Morgan fingerprint density at radius 3 is 2.52 bits per heavy atom. The number of amides is 2. The number of carbonyl (C=O) groups excluding carboxylic acids is 1. The molecule has 2 N–H and O–H groups in total. The Bertz CT molecular complexity index is 1410. The maximum absolute atomic E-state index is 13.9. The fraction of sp³-hybridized carbons (Fsp3) is 0.625. The van der Waals surface area contributed by atoms with Crippen LogP contribution in [0.5, 0.6) is 0 Å². The van der Waals surface area contributed by atoms with Gasteiger partial charge in [0.1, 0.15) is 6.04 Å². The third-order valence-electron chi connectivity index (χ3n) is 7.43. The summed E-state index contributed by atoms with van der Waals surface area (Å²) in [4.78, 5) is 21.7. The van der Waals surface area contributed by atoms with Crippen molar-refractivity contribution in [2.45, 2.75) is 68.8 Å². The van der Waals surface area contributed by atoms with Gasteiger partial charge in [0.15, 0.2) is 5.65 Å². The molecule has 0 aromatic carbocycles. The Balaban J connectivity index is 1.45. The Kier molecular flexibility index (Phi) is 7.69. The lowest BCUT2D eigenvalue weighted by atomic mass is 9.81. The molecule has 4 heterocycles. The Morgan fingerprint density at radius 2 is 1.93 bits per heavy atom. The lowest BCUT2D eigenvalue weighted by Gasteiger charge is -2.33. The molecule has 1 aliphatic heterocycles. The lowest BCUT2D eigenvalue weighted by molar-refractivity contribution is -0.150. The van der Waals surface area contributed by atoms with E-state index in [1.807, 2.05) is 5.32 Å². The van der Waals surface area contributed by atoms with Crippen molar-refractivity contribution in [3.05, 3.63) is 35.5 Å². The van der Waals surface area contributed by atoms with E-state index < -0.39 is 60.5 Å². The van der Waals surface area contributed by atoms with Crippen LogP contribution in [0, 0.1) is 5.92 Å². The van der Waals surface area contributed by atoms with E-state index in [9.17, 15) is 35.5 Å². The molecule has 3 aromatic heterocycles. The second kappa shape index (κ2) is 10.9. The summed E-state index contributed by atoms with van der Waals surface area (Å²) in [6, 6.07) is -3.54. The molecule has 0 spiro atoms. The lowest BCUT2D eigenvalue weighted by Crippen LogP contribution is -2.40. The third kappa shape index (κ3) is 6.22.